The molecule has 0 spiro atoms. The Morgan fingerprint density at radius 1 is 1.24 bits per heavy atom. The topological polar surface area (TPSA) is 42.7 Å². The minimum Gasteiger partial charge on any atom is -0.310 e. The maximum Gasteiger partial charge on any atom is 0.138 e. The zero-order valence-corrected chi connectivity index (χ0v) is 14.0. The SMILES string of the molecule is CCNC(Cc1ncnn1C(C)C)c1ccc(Cl)c(Cl)c1. The summed E-state index contributed by atoms with van der Waals surface area (Å²) in [6, 6.07) is 6.16. The number of nitrogens with one attached hydrogen (secondary N) is 1. The largest absolute Gasteiger partial charge is 0.310 e. The number of aromatic nitrogens is 3. The van der Waals surface area contributed by atoms with Crippen LogP contribution in [0.3, 0.4) is 0 Å². The molecule has 0 bridgehead atoms. The van der Waals surface area contributed by atoms with Crippen LogP contribution in [0.1, 0.15) is 44.2 Å². The summed E-state index contributed by atoms with van der Waals surface area (Å²) in [4.78, 5) is 4.38. The van der Waals surface area contributed by atoms with Crippen LogP contribution in [0.15, 0.2) is 24.5 Å². The highest BCUT2D eigenvalue weighted by molar-refractivity contribution is 6.42. The molecule has 0 radical (unpaired) electrons. The van der Waals surface area contributed by atoms with Gasteiger partial charge >= 0.3 is 0 Å². The lowest BCUT2D eigenvalue weighted by molar-refractivity contribution is 0.468. The van der Waals surface area contributed by atoms with Crippen LogP contribution in [-0.4, -0.2) is 21.3 Å². The third-order valence-corrected chi connectivity index (χ3v) is 4.06. The van der Waals surface area contributed by atoms with Crippen LogP contribution in [0.2, 0.25) is 10.0 Å². The molecule has 0 saturated heterocycles. The summed E-state index contributed by atoms with van der Waals surface area (Å²) in [5.74, 6) is 0.960. The van der Waals surface area contributed by atoms with Crippen molar-refractivity contribution in [2.75, 3.05) is 6.54 Å². The lowest BCUT2D eigenvalue weighted by Crippen LogP contribution is -2.25. The number of hydrogen-bond donors (Lipinski definition) is 1. The van der Waals surface area contributed by atoms with Crippen LogP contribution in [0.4, 0.5) is 0 Å². The molecule has 2 rings (SSSR count). The Morgan fingerprint density at radius 3 is 2.62 bits per heavy atom. The molecule has 1 N–H and O–H groups in total. The first-order chi connectivity index (χ1) is 10.0. The third-order valence-electron chi connectivity index (χ3n) is 3.32. The fourth-order valence-electron chi connectivity index (χ4n) is 2.32. The fraction of sp³-hybridized carbons (Fsp3) is 0.467. The van der Waals surface area contributed by atoms with Gasteiger partial charge in [0.25, 0.3) is 0 Å². The average Bonchev–Trinajstić information content (AvgIpc) is 2.90. The van der Waals surface area contributed by atoms with E-state index in [2.05, 4.69) is 36.2 Å². The first-order valence-electron chi connectivity index (χ1n) is 7.09. The van der Waals surface area contributed by atoms with Crippen molar-refractivity contribution >= 4 is 23.2 Å². The van der Waals surface area contributed by atoms with Crippen molar-refractivity contribution in [3.05, 3.63) is 46.0 Å². The molecule has 114 valence electrons. The molecule has 0 saturated carbocycles. The van der Waals surface area contributed by atoms with Crippen LogP contribution in [0, 0.1) is 0 Å². The first-order valence-corrected chi connectivity index (χ1v) is 7.85. The predicted molar refractivity (Wildman–Crippen MR) is 87.0 cm³/mol. The van der Waals surface area contributed by atoms with Gasteiger partial charge in [-0.05, 0) is 38.1 Å². The van der Waals surface area contributed by atoms with E-state index in [0.717, 1.165) is 24.4 Å². The molecule has 1 aromatic heterocycles. The smallest absolute Gasteiger partial charge is 0.138 e. The van der Waals surface area contributed by atoms with Crippen LogP contribution >= 0.6 is 23.2 Å². The number of benzene rings is 1. The van der Waals surface area contributed by atoms with Crippen molar-refractivity contribution in [1.29, 1.82) is 0 Å². The quantitative estimate of drug-likeness (QED) is 0.870. The van der Waals surface area contributed by atoms with Crippen LogP contribution in [0.25, 0.3) is 0 Å². The maximum atomic E-state index is 6.13. The summed E-state index contributed by atoms with van der Waals surface area (Å²) in [7, 11) is 0. The second kappa shape index (κ2) is 7.25. The number of nitrogens with zero attached hydrogens (tertiary/aromatic N) is 3. The molecule has 2 aromatic rings. The van der Waals surface area contributed by atoms with E-state index in [4.69, 9.17) is 23.2 Å². The molecule has 1 heterocycles. The van der Waals surface area contributed by atoms with E-state index < -0.39 is 0 Å². The Hall–Kier alpha value is -1.10. The highest BCUT2D eigenvalue weighted by atomic mass is 35.5. The van der Waals surface area contributed by atoms with Gasteiger partial charge < -0.3 is 5.32 Å². The van der Waals surface area contributed by atoms with Gasteiger partial charge in [0, 0.05) is 18.5 Å². The van der Waals surface area contributed by atoms with Gasteiger partial charge in [-0.25, -0.2) is 9.67 Å². The summed E-state index contributed by atoms with van der Waals surface area (Å²) >= 11 is 12.1. The van der Waals surface area contributed by atoms with Gasteiger partial charge in [-0.15, -0.1) is 0 Å². The molecule has 21 heavy (non-hydrogen) atoms. The predicted octanol–water partition coefficient (Wildman–Crippen LogP) is 4.06. The monoisotopic (exact) mass is 326 g/mol. The fourth-order valence-corrected chi connectivity index (χ4v) is 2.62. The zero-order chi connectivity index (χ0) is 15.4. The zero-order valence-electron chi connectivity index (χ0n) is 12.5. The van der Waals surface area contributed by atoms with E-state index in [0.29, 0.717) is 16.1 Å². The first kappa shape index (κ1) is 16.3. The summed E-state index contributed by atoms with van der Waals surface area (Å²) < 4.78 is 1.95. The second-order valence-corrected chi connectivity index (χ2v) is 6.02. The lowest BCUT2D eigenvalue weighted by Gasteiger charge is -2.19. The summed E-state index contributed by atoms with van der Waals surface area (Å²) in [6.45, 7) is 7.14. The molecular formula is C15H20Cl2N4. The van der Waals surface area contributed by atoms with E-state index in [1.165, 1.54) is 0 Å². The minimum absolute atomic E-state index is 0.131. The molecular weight excluding hydrogens is 307 g/mol. The van der Waals surface area contributed by atoms with Crippen molar-refractivity contribution in [2.45, 2.75) is 39.3 Å². The van der Waals surface area contributed by atoms with Crippen molar-refractivity contribution < 1.29 is 0 Å². The molecule has 6 heteroatoms. The molecule has 0 aliphatic carbocycles. The molecule has 0 amide bonds. The van der Waals surface area contributed by atoms with Gasteiger partial charge in [-0.2, -0.15) is 5.10 Å². The van der Waals surface area contributed by atoms with Gasteiger partial charge in [0.1, 0.15) is 12.2 Å². The number of halogens is 2. The highest BCUT2D eigenvalue weighted by Crippen LogP contribution is 2.27. The molecule has 1 aromatic carbocycles. The lowest BCUT2D eigenvalue weighted by atomic mass is 10.0. The normalized spacial score (nSPS) is 12.9. The maximum absolute atomic E-state index is 6.13. The number of hydrogen-bond acceptors (Lipinski definition) is 3. The van der Waals surface area contributed by atoms with E-state index >= 15 is 0 Å². The highest BCUT2D eigenvalue weighted by Gasteiger charge is 2.17. The van der Waals surface area contributed by atoms with Crippen LogP contribution in [0.5, 0.6) is 0 Å². The van der Waals surface area contributed by atoms with Crippen LogP contribution < -0.4 is 5.32 Å². The Labute approximate surface area is 135 Å². The van der Waals surface area contributed by atoms with Crippen molar-refractivity contribution in [1.82, 2.24) is 20.1 Å². The van der Waals surface area contributed by atoms with Crippen molar-refractivity contribution in [3.8, 4) is 0 Å². The summed E-state index contributed by atoms with van der Waals surface area (Å²) in [6.07, 6.45) is 2.36. The third kappa shape index (κ3) is 3.96. The minimum atomic E-state index is 0.131. The van der Waals surface area contributed by atoms with Gasteiger partial charge in [0.05, 0.1) is 10.0 Å². The average molecular weight is 327 g/mol. The van der Waals surface area contributed by atoms with E-state index in [1.54, 1.807) is 6.33 Å². The van der Waals surface area contributed by atoms with E-state index in [9.17, 15) is 0 Å². The molecule has 1 atom stereocenters. The molecule has 0 fully saturated rings. The van der Waals surface area contributed by atoms with Crippen molar-refractivity contribution in [3.63, 3.8) is 0 Å². The Kier molecular flexibility index (Phi) is 5.62. The van der Waals surface area contributed by atoms with Gasteiger partial charge in [-0.3, -0.25) is 0 Å². The van der Waals surface area contributed by atoms with Crippen LogP contribution in [-0.2, 0) is 6.42 Å². The molecule has 1 unspecified atom stereocenters. The number of rotatable bonds is 6. The Bertz CT molecular complexity index is 595. The van der Waals surface area contributed by atoms with E-state index in [-0.39, 0.29) is 6.04 Å². The molecule has 0 aliphatic rings. The number of likely N-dealkylation sites (N-methyl/N-ethyl adjacent to an activating group) is 1. The Morgan fingerprint density at radius 2 is 2.00 bits per heavy atom. The second-order valence-electron chi connectivity index (χ2n) is 5.20. The summed E-state index contributed by atoms with van der Waals surface area (Å²) in [5, 5.41) is 8.89. The molecule has 4 nitrogen and oxygen atoms in total. The van der Waals surface area contributed by atoms with Crippen molar-refractivity contribution in [2.24, 2.45) is 0 Å². The van der Waals surface area contributed by atoms with Gasteiger partial charge in [0.2, 0.25) is 0 Å². The standard InChI is InChI=1S/C15H20Cl2N4/c1-4-18-14(11-5-6-12(16)13(17)7-11)8-15-19-9-20-21(15)10(2)3/h5-7,9-10,14,18H,4,8H2,1-3H3. The Balaban J connectivity index is 2.26. The van der Waals surface area contributed by atoms with Gasteiger partial charge in [-0.1, -0.05) is 36.2 Å². The summed E-state index contributed by atoms with van der Waals surface area (Å²) in [5.41, 5.74) is 1.10. The molecule has 0 aliphatic heterocycles. The van der Waals surface area contributed by atoms with E-state index in [1.807, 2.05) is 22.9 Å². The van der Waals surface area contributed by atoms with Gasteiger partial charge in [0.15, 0.2) is 0 Å².